The van der Waals surface area contributed by atoms with Crippen molar-refractivity contribution >= 4 is 20.6 Å². The smallest absolute Gasteiger partial charge is 0.330 e. The van der Waals surface area contributed by atoms with Crippen LogP contribution < -0.4 is 0 Å². The van der Waals surface area contributed by atoms with E-state index in [4.69, 9.17) is 13.9 Å². The number of allylic oxidation sites excluding steroid dienone is 2. The summed E-state index contributed by atoms with van der Waals surface area (Å²) in [5, 5.41) is 0. The molecular weight excluding hydrogens is 396 g/mol. The summed E-state index contributed by atoms with van der Waals surface area (Å²) in [5.74, 6) is -0.420. The lowest BCUT2D eigenvalue weighted by atomic mass is 9.92. The fourth-order valence-corrected chi connectivity index (χ4v) is 7.15. The summed E-state index contributed by atoms with van der Waals surface area (Å²) in [5.41, 5.74) is 1.27. The number of hydrogen-bond donors (Lipinski definition) is 0. The Hall–Kier alpha value is -1.50. The van der Waals surface area contributed by atoms with Crippen LogP contribution in [0.15, 0.2) is 35.5 Å². The SMILES string of the molecule is CC[Si](CC)(CC)O[C@]1(C)CC/C=C(/C)C[C@H](/C=C(\C)C=O)O[C@@H]1/C=C/C(=O)OC. The van der Waals surface area contributed by atoms with Gasteiger partial charge in [-0.1, -0.05) is 32.4 Å². The van der Waals surface area contributed by atoms with Gasteiger partial charge in [0.25, 0.3) is 0 Å². The summed E-state index contributed by atoms with van der Waals surface area (Å²) in [7, 11) is -0.576. The van der Waals surface area contributed by atoms with E-state index in [-0.39, 0.29) is 6.10 Å². The van der Waals surface area contributed by atoms with Gasteiger partial charge in [0, 0.05) is 6.08 Å². The molecule has 0 bridgehead atoms. The Morgan fingerprint density at radius 2 is 1.93 bits per heavy atom. The van der Waals surface area contributed by atoms with Gasteiger partial charge < -0.3 is 13.9 Å². The minimum atomic E-state index is -1.94. The first-order valence-electron chi connectivity index (χ1n) is 11.1. The quantitative estimate of drug-likeness (QED) is 0.156. The molecular formula is C24H40O5Si. The van der Waals surface area contributed by atoms with Crippen LogP contribution in [0.4, 0.5) is 0 Å². The lowest BCUT2D eigenvalue weighted by Gasteiger charge is -2.44. The molecule has 1 aliphatic heterocycles. The van der Waals surface area contributed by atoms with Crippen LogP contribution in [0.1, 0.15) is 60.8 Å². The van der Waals surface area contributed by atoms with Crippen molar-refractivity contribution in [3.8, 4) is 0 Å². The van der Waals surface area contributed by atoms with Crippen molar-refractivity contribution in [1.82, 2.24) is 0 Å². The Bertz CT molecular complexity index is 654. The normalized spacial score (nSPS) is 28.2. The monoisotopic (exact) mass is 436 g/mol. The van der Waals surface area contributed by atoms with E-state index >= 15 is 0 Å². The van der Waals surface area contributed by atoms with Crippen LogP contribution in [-0.4, -0.2) is 45.5 Å². The maximum Gasteiger partial charge on any atom is 0.330 e. The Morgan fingerprint density at radius 1 is 1.30 bits per heavy atom. The second kappa shape index (κ2) is 12.4. The van der Waals surface area contributed by atoms with E-state index in [0.717, 1.165) is 37.3 Å². The molecule has 6 heteroatoms. The molecule has 0 N–H and O–H groups in total. The standard InChI is InChI=1S/C24H40O5Si/c1-8-30(9-2,10-3)29-24(6)15-11-12-19(4)16-21(17-20(5)18-25)28-22(24)13-14-23(26)27-7/h12-14,17-18,21-22H,8-11,15-16H2,1-7H3/b14-13+,19-12-,20-17+/t21-,22-,24-/m1/s1. The average molecular weight is 437 g/mol. The predicted molar refractivity (Wildman–Crippen MR) is 124 cm³/mol. The molecule has 0 saturated heterocycles. The van der Waals surface area contributed by atoms with Gasteiger partial charge in [-0.15, -0.1) is 0 Å². The van der Waals surface area contributed by atoms with E-state index in [2.05, 4.69) is 40.7 Å². The van der Waals surface area contributed by atoms with Crippen molar-refractivity contribution < 1.29 is 23.5 Å². The van der Waals surface area contributed by atoms with Crippen molar-refractivity contribution in [3.05, 3.63) is 35.5 Å². The number of ether oxygens (including phenoxy) is 2. The topological polar surface area (TPSA) is 61.8 Å². The second-order valence-corrected chi connectivity index (χ2v) is 13.1. The number of aldehydes is 1. The molecule has 0 aromatic heterocycles. The summed E-state index contributed by atoms with van der Waals surface area (Å²) < 4.78 is 18.3. The van der Waals surface area contributed by atoms with Gasteiger partial charge in [0.1, 0.15) is 12.4 Å². The lowest BCUT2D eigenvalue weighted by molar-refractivity contribution is -0.135. The van der Waals surface area contributed by atoms with Crippen LogP contribution in [0.2, 0.25) is 18.1 Å². The number of esters is 1. The highest BCUT2D eigenvalue weighted by Crippen LogP contribution is 2.36. The van der Waals surface area contributed by atoms with E-state index < -0.39 is 26.0 Å². The van der Waals surface area contributed by atoms with Gasteiger partial charge in [0.15, 0.2) is 8.32 Å². The summed E-state index contributed by atoms with van der Waals surface area (Å²) in [4.78, 5) is 23.0. The molecule has 30 heavy (non-hydrogen) atoms. The molecule has 0 fully saturated rings. The van der Waals surface area contributed by atoms with Crippen LogP contribution in [0.3, 0.4) is 0 Å². The van der Waals surface area contributed by atoms with E-state index in [1.54, 1.807) is 13.0 Å². The minimum absolute atomic E-state index is 0.277. The van der Waals surface area contributed by atoms with Crippen molar-refractivity contribution in [2.45, 2.75) is 96.7 Å². The van der Waals surface area contributed by atoms with Gasteiger partial charge >= 0.3 is 5.97 Å². The third kappa shape index (κ3) is 7.64. The largest absolute Gasteiger partial charge is 0.466 e. The highest BCUT2D eigenvalue weighted by atomic mass is 28.4. The fraction of sp³-hybridized carbons (Fsp3) is 0.667. The Labute approximate surface area is 183 Å². The second-order valence-electron chi connectivity index (χ2n) is 8.46. The van der Waals surface area contributed by atoms with Crippen LogP contribution in [0.5, 0.6) is 0 Å². The summed E-state index contributed by atoms with van der Waals surface area (Å²) in [6, 6.07) is 3.10. The molecule has 0 radical (unpaired) electrons. The third-order valence-electron chi connectivity index (χ3n) is 6.21. The molecule has 5 nitrogen and oxygen atoms in total. The van der Waals surface area contributed by atoms with Gasteiger partial charge in [0.05, 0.1) is 18.8 Å². The van der Waals surface area contributed by atoms with Crippen LogP contribution in [0, 0.1) is 0 Å². The highest BCUT2D eigenvalue weighted by Gasteiger charge is 2.43. The Kier molecular flexibility index (Phi) is 10.9. The van der Waals surface area contributed by atoms with Gasteiger partial charge in [0.2, 0.25) is 0 Å². The highest BCUT2D eigenvalue weighted by molar-refractivity contribution is 6.73. The minimum Gasteiger partial charge on any atom is -0.466 e. The summed E-state index contributed by atoms with van der Waals surface area (Å²) >= 11 is 0. The van der Waals surface area contributed by atoms with Gasteiger partial charge in [-0.3, -0.25) is 4.79 Å². The first-order chi connectivity index (χ1) is 14.2. The first kappa shape index (κ1) is 26.5. The molecule has 3 atom stereocenters. The first-order valence-corrected chi connectivity index (χ1v) is 13.6. The summed E-state index contributed by atoms with van der Waals surface area (Å²) in [6.45, 7) is 12.6. The lowest BCUT2D eigenvalue weighted by Crippen LogP contribution is -2.52. The van der Waals surface area contributed by atoms with Crippen molar-refractivity contribution in [1.29, 1.82) is 0 Å². The average Bonchev–Trinajstić information content (AvgIpc) is 2.78. The van der Waals surface area contributed by atoms with Gasteiger partial charge in [-0.25, -0.2) is 4.79 Å². The van der Waals surface area contributed by atoms with Crippen LogP contribution >= 0.6 is 0 Å². The number of hydrogen-bond acceptors (Lipinski definition) is 5. The zero-order valence-corrected chi connectivity index (χ0v) is 20.8. The molecule has 0 aromatic carbocycles. The molecule has 0 aliphatic carbocycles. The van der Waals surface area contributed by atoms with Crippen molar-refractivity contribution in [2.24, 2.45) is 0 Å². The molecule has 0 saturated carbocycles. The molecule has 0 amide bonds. The molecule has 0 unspecified atom stereocenters. The van der Waals surface area contributed by atoms with E-state index in [0.29, 0.717) is 12.0 Å². The molecule has 1 heterocycles. The van der Waals surface area contributed by atoms with Crippen molar-refractivity contribution in [3.63, 3.8) is 0 Å². The molecule has 0 aromatic rings. The van der Waals surface area contributed by atoms with E-state index in [1.165, 1.54) is 18.8 Å². The van der Waals surface area contributed by atoms with Gasteiger partial charge in [-0.05, 0) is 75.9 Å². The van der Waals surface area contributed by atoms with Crippen LogP contribution in [-0.2, 0) is 23.5 Å². The Balaban J connectivity index is 3.44. The Morgan fingerprint density at radius 3 is 2.47 bits per heavy atom. The third-order valence-corrected chi connectivity index (χ3v) is 11.0. The predicted octanol–water partition coefficient (Wildman–Crippen LogP) is 5.53. The number of carbonyl (C=O) groups excluding carboxylic acids is 2. The van der Waals surface area contributed by atoms with Crippen LogP contribution in [0.25, 0.3) is 0 Å². The fourth-order valence-electron chi connectivity index (χ4n) is 4.01. The number of carbonyl (C=O) groups is 2. The molecule has 0 spiro atoms. The zero-order valence-electron chi connectivity index (χ0n) is 19.8. The summed E-state index contributed by atoms with van der Waals surface area (Å²) in [6.07, 6.45) is 9.77. The maximum atomic E-state index is 11.8. The number of rotatable bonds is 9. The number of methoxy groups -OCH3 is 1. The molecule has 1 rings (SSSR count). The molecule has 1 aliphatic rings. The maximum absolute atomic E-state index is 11.8. The zero-order chi connectivity index (χ0) is 22.8. The van der Waals surface area contributed by atoms with E-state index in [1.807, 2.05) is 6.08 Å². The van der Waals surface area contributed by atoms with E-state index in [9.17, 15) is 9.59 Å². The molecule has 170 valence electrons. The van der Waals surface area contributed by atoms with Crippen molar-refractivity contribution in [2.75, 3.05) is 7.11 Å². The van der Waals surface area contributed by atoms with Gasteiger partial charge in [-0.2, -0.15) is 0 Å².